The summed E-state index contributed by atoms with van der Waals surface area (Å²) in [5, 5.41) is 0. The number of piperidine rings is 1. The maximum Gasteiger partial charge on any atom is 0.236 e. The summed E-state index contributed by atoms with van der Waals surface area (Å²) in [6.07, 6.45) is 2.12. The molecular formula is C11H20BrNO. The van der Waals surface area contributed by atoms with Gasteiger partial charge in [-0.3, -0.25) is 4.79 Å². The molecule has 0 spiro atoms. The van der Waals surface area contributed by atoms with Crippen molar-refractivity contribution in [3.8, 4) is 0 Å². The van der Waals surface area contributed by atoms with E-state index in [9.17, 15) is 4.79 Å². The van der Waals surface area contributed by atoms with E-state index >= 15 is 0 Å². The molecule has 0 aliphatic carbocycles. The molecule has 0 saturated carbocycles. The molecule has 1 heterocycles. The van der Waals surface area contributed by atoms with E-state index in [2.05, 4.69) is 36.7 Å². The standard InChI is InChI=1S/C11H20BrNO/c1-8(2)9(3)7-13-6-4-5-10(12)11(13)14/h8-10H,4-7H2,1-3H3. The van der Waals surface area contributed by atoms with E-state index in [1.807, 2.05) is 4.90 Å². The molecule has 0 aromatic carbocycles. The topological polar surface area (TPSA) is 20.3 Å². The summed E-state index contributed by atoms with van der Waals surface area (Å²) in [4.78, 5) is 13.8. The van der Waals surface area contributed by atoms with Crippen LogP contribution in [0.3, 0.4) is 0 Å². The van der Waals surface area contributed by atoms with E-state index in [-0.39, 0.29) is 10.7 Å². The van der Waals surface area contributed by atoms with E-state index in [0.717, 1.165) is 25.9 Å². The zero-order valence-electron chi connectivity index (χ0n) is 9.29. The molecule has 0 N–H and O–H groups in total. The second kappa shape index (κ2) is 5.15. The van der Waals surface area contributed by atoms with Gasteiger partial charge in [0.15, 0.2) is 0 Å². The first-order valence-corrected chi connectivity index (χ1v) is 6.36. The Hall–Kier alpha value is -0.0500. The van der Waals surface area contributed by atoms with E-state index in [1.165, 1.54) is 0 Å². The second-order valence-electron chi connectivity index (χ2n) is 4.62. The van der Waals surface area contributed by atoms with Crippen LogP contribution in [0.4, 0.5) is 0 Å². The molecule has 1 rings (SSSR count). The predicted molar refractivity (Wildman–Crippen MR) is 62.5 cm³/mol. The second-order valence-corrected chi connectivity index (χ2v) is 5.72. The Morgan fingerprint density at radius 1 is 1.50 bits per heavy atom. The van der Waals surface area contributed by atoms with Crippen LogP contribution < -0.4 is 0 Å². The minimum Gasteiger partial charge on any atom is -0.341 e. The first-order chi connectivity index (χ1) is 6.52. The van der Waals surface area contributed by atoms with Crippen LogP contribution >= 0.6 is 15.9 Å². The summed E-state index contributed by atoms with van der Waals surface area (Å²) >= 11 is 3.43. The van der Waals surface area contributed by atoms with E-state index < -0.39 is 0 Å². The Morgan fingerprint density at radius 2 is 2.14 bits per heavy atom. The number of alkyl halides is 1. The SMILES string of the molecule is CC(C)C(C)CN1CCCC(Br)C1=O. The molecule has 0 radical (unpaired) electrons. The van der Waals surface area contributed by atoms with Gasteiger partial charge in [-0.25, -0.2) is 0 Å². The van der Waals surface area contributed by atoms with Crippen LogP contribution in [-0.4, -0.2) is 28.7 Å². The van der Waals surface area contributed by atoms with Crippen LogP contribution in [0.2, 0.25) is 0 Å². The summed E-state index contributed by atoms with van der Waals surface area (Å²) in [6, 6.07) is 0. The molecule has 3 heteroatoms. The van der Waals surface area contributed by atoms with Gasteiger partial charge in [0.2, 0.25) is 5.91 Å². The smallest absolute Gasteiger partial charge is 0.236 e. The van der Waals surface area contributed by atoms with Crippen molar-refractivity contribution in [1.82, 2.24) is 4.90 Å². The van der Waals surface area contributed by atoms with Crippen LogP contribution in [0, 0.1) is 11.8 Å². The van der Waals surface area contributed by atoms with Crippen LogP contribution in [0.25, 0.3) is 0 Å². The number of likely N-dealkylation sites (tertiary alicyclic amines) is 1. The number of halogens is 1. The molecule has 1 amide bonds. The molecular weight excluding hydrogens is 242 g/mol. The zero-order valence-corrected chi connectivity index (χ0v) is 10.9. The number of rotatable bonds is 3. The Morgan fingerprint density at radius 3 is 2.71 bits per heavy atom. The third-order valence-electron chi connectivity index (χ3n) is 3.11. The van der Waals surface area contributed by atoms with Crippen LogP contribution in [-0.2, 0) is 4.79 Å². The van der Waals surface area contributed by atoms with Gasteiger partial charge in [0.05, 0.1) is 4.83 Å². The predicted octanol–water partition coefficient (Wildman–Crippen LogP) is 2.66. The van der Waals surface area contributed by atoms with Gasteiger partial charge in [-0.2, -0.15) is 0 Å². The van der Waals surface area contributed by atoms with Gasteiger partial charge in [-0.1, -0.05) is 36.7 Å². The van der Waals surface area contributed by atoms with Crippen molar-refractivity contribution < 1.29 is 4.79 Å². The number of hydrogen-bond donors (Lipinski definition) is 0. The summed E-state index contributed by atoms with van der Waals surface area (Å²) < 4.78 is 0. The highest BCUT2D eigenvalue weighted by Gasteiger charge is 2.27. The van der Waals surface area contributed by atoms with E-state index in [4.69, 9.17) is 0 Å². The molecule has 2 unspecified atom stereocenters. The Balaban J connectivity index is 2.47. The van der Waals surface area contributed by atoms with Gasteiger partial charge in [-0.05, 0) is 24.7 Å². The molecule has 0 aromatic rings. The summed E-state index contributed by atoms with van der Waals surface area (Å²) in [6.45, 7) is 8.50. The van der Waals surface area contributed by atoms with Gasteiger partial charge < -0.3 is 4.90 Å². The molecule has 2 nitrogen and oxygen atoms in total. The fourth-order valence-corrected chi connectivity index (χ4v) is 2.25. The number of nitrogens with zero attached hydrogens (tertiary/aromatic N) is 1. The highest BCUT2D eigenvalue weighted by atomic mass is 79.9. The lowest BCUT2D eigenvalue weighted by atomic mass is 9.96. The minimum absolute atomic E-state index is 0.0654. The van der Waals surface area contributed by atoms with Crippen LogP contribution in [0.15, 0.2) is 0 Å². The first kappa shape index (κ1) is 12.0. The van der Waals surface area contributed by atoms with Crippen molar-refractivity contribution in [3.63, 3.8) is 0 Å². The van der Waals surface area contributed by atoms with E-state index in [1.54, 1.807) is 0 Å². The minimum atomic E-state index is 0.0654. The average molecular weight is 262 g/mol. The van der Waals surface area contributed by atoms with Gasteiger partial charge in [-0.15, -0.1) is 0 Å². The first-order valence-electron chi connectivity index (χ1n) is 5.45. The number of hydrogen-bond acceptors (Lipinski definition) is 1. The molecule has 1 aliphatic heterocycles. The van der Waals surface area contributed by atoms with Crippen molar-refractivity contribution in [1.29, 1.82) is 0 Å². The molecule has 0 aromatic heterocycles. The van der Waals surface area contributed by atoms with Crippen molar-refractivity contribution in [2.24, 2.45) is 11.8 Å². The number of amides is 1. The summed E-state index contributed by atoms with van der Waals surface area (Å²) in [5.41, 5.74) is 0. The van der Waals surface area contributed by atoms with E-state index in [0.29, 0.717) is 11.8 Å². The highest BCUT2D eigenvalue weighted by molar-refractivity contribution is 9.10. The monoisotopic (exact) mass is 261 g/mol. The number of carbonyl (C=O) groups excluding carboxylic acids is 1. The summed E-state index contributed by atoms with van der Waals surface area (Å²) in [5.74, 6) is 1.53. The molecule has 1 fully saturated rings. The lowest BCUT2D eigenvalue weighted by molar-refractivity contribution is -0.133. The van der Waals surface area contributed by atoms with Crippen molar-refractivity contribution in [2.45, 2.75) is 38.4 Å². The normalized spacial score (nSPS) is 25.6. The van der Waals surface area contributed by atoms with Crippen molar-refractivity contribution in [2.75, 3.05) is 13.1 Å². The number of carbonyl (C=O) groups is 1. The Kier molecular flexibility index (Phi) is 4.42. The lowest BCUT2D eigenvalue weighted by Crippen LogP contribution is -2.44. The molecule has 1 saturated heterocycles. The van der Waals surface area contributed by atoms with Crippen molar-refractivity contribution in [3.05, 3.63) is 0 Å². The zero-order chi connectivity index (χ0) is 10.7. The van der Waals surface area contributed by atoms with Crippen LogP contribution in [0.5, 0.6) is 0 Å². The van der Waals surface area contributed by atoms with Gasteiger partial charge >= 0.3 is 0 Å². The van der Waals surface area contributed by atoms with Gasteiger partial charge in [0, 0.05) is 13.1 Å². The van der Waals surface area contributed by atoms with Gasteiger partial charge in [0.1, 0.15) is 0 Å². The highest BCUT2D eigenvalue weighted by Crippen LogP contribution is 2.21. The fourth-order valence-electron chi connectivity index (χ4n) is 1.63. The maximum atomic E-state index is 11.8. The quantitative estimate of drug-likeness (QED) is 0.716. The Bertz CT molecular complexity index is 205. The molecule has 1 aliphatic rings. The van der Waals surface area contributed by atoms with Crippen LogP contribution in [0.1, 0.15) is 33.6 Å². The molecule has 14 heavy (non-hydrogen) atoms. The van der Waals surface area contributed by atoms with Gasteiger partial charge in [0.25, 0.3) is 0 Å². The maximum absolute atomic E-state index is 11.8. The molecule has 0 bridgehead atoms. The van der Waals surface area contributed by atoms with Crippen molar-refractivity contribution >= 4 is 21.8 Å². The average Bonchev–Trinajstić information content (AvgIpc) is 2.12. The third kappa shape index (κ3) is 2.97. The largest absolute Gasteiger partial charge is 0.341 e. The molecule has 82 valence electrons. The third-order valence-corrected chi connectivity index (χ3v) is 3.96. The molecule has 2 atom stereocenters. The fraction of sp³-hybridized carbons (Fsp3) is 0.909. The summed E-state index contributed by atoms with van der Waals surface area (Å²) in [7, 11) is 0. The lowest BCUT2D eigenvalue weighted by Gasteiger charge is -2.32. The Labute approximate surface area is 95.2 Å².